The predicted molar refractivity (Wildman–Crippen MR) is 98.3 cm³/mol. The Balaban J connectivity index is 1.77. The van der Waals surface area contributed by atoms with Gasteiger partial charge in [-0.3, -0.25) is 9.78 Å². The molecule has 0 spiro atoms. The number of nitrogens with one attached hydrogen (secondary N) is 2. The first-order chi connectivity index (χ1) is 12.0. The number of amides is 1. The van der Waals surface area contributed by atoms with E-state index in [2.05, 4.69) is 15.6 Å². The van der Waals surface area contributed by atoms with Crippen molar-refractivity contribution in [3.63, 3.8) is 0 Å². The van der Waals surface area contributed by atoms with Gasteiger partial charge in [0.25, 0.3) is 5.91 Å². The zero-order valence-electron chi connectivity index (χ0n) is 12.8. The van der Waals surface area contributed by atoms with Crippen molar-refractivity contribution in [2.75, 3.05) is 10.6 Å². The maximum Gasteiger partial charge on any atom is 0.257 e. The molecule has 0 aliphatic heterocycles. The summed E-state index contributed by atoms with van der Waals surface area (Å²) < 4.78 is 13.0. The first-order valence-corrected chi connectivity index (χ1v) is 8.01. The lowest BCUT2D eigenvalue weighted by Gasteiger charge is -2.10. The van der Waals surface area contributed by atoms with Crippen LogP contribution in [0, 0.1) is 5.82 Å². The normalized spacial score (nSPS) is 10.4. The fraction of sp³-hybridized carbons (Fsp3) is 0. The van der Waals surface area contributed by atoms with Gasteiger partial charge in [0.15, 0.2) is 0 Å². The average Bonchev–Trinajstić information content (AvgIpc) is 2.61. The fourth-order valence-corrected chi connectivity index (χ4v) is 2.47. The third-order valence-corrected chi connectivity index (χ3v) is 4.15. The lowest BCUT2D eigenvalue weighted by Crippen LogP contribution is -2.13. The van der Waals surface area contributed by atoms with Crippen LogP contribution in [-0.4, -0.2) is 10.9 Å². The molecule has 0 fully saturated rings. The van der Waals surface area contributed by atoms with E-state index in [1.807, 2.05) is 0 Å². The summed E-state index contributed by atoms with van der Waals surface area (Å²) in [5.41, 5.74) is 2.02. The summed E-state index contributed by atoms with van der Waals surface area (Å²) in [6.45, 7) is 0. The highest BCUT2D eigenvalue weighted by Crippen LogP contribution is 2.30. The highest BCUT2D eigenvalue weighted by Gasteiger charge is 2.11. The first kappa shape index (κ1) is 17.2. The molecule has 2 N–H and O–H groups in total. The molecule has 1 heterocycles. The number of halogens is 3. The van der Waals surface area contributed by atoms with Gasteiger partial charge in [0.2, 0.25) is 0 Å². The standard InChI is InChI=1S/C18H12Cl2FN3O/c19-15-2-1-3-16(17(15)20)24-18(25)11-8-14(10-22-9-11)23-13-6-4-12(21)5-7-13/h1-10,23H,(H,24,25). The van der Waals surface area contributed by atoms with Gasteiger partial charge in [-0.05, 0) is 42.5 Å². The Morgan fingerprint density at radius 3 is 2.52 bits per heavy atom. The third kappa shape index (κ3) is 4.26. The number of hydrogen-bond acceptors (Lipinski definition) is 3. The Morgan fingerprint density at radius 1 is 1.00 bits per heavy atom. The highest BCUT2D eigenvalue weighted by molar-refractivity contribution is 6.44. The van der Waals surface area contributed by atoms with Crippen molar-refractivity contribution in [2.24, 2.45) is 0 Å². The lowest BCUT2D eigenvalue weighted by molar-refractivity contribution is 0.102. The van der Waals surface area contributed by atoms with Crippen molar-refractivity contribution in [3.8, 4) is 0 Å². The monoisotopic (exact) mass is 375 g/mol. The lowest BCUT2D eigenvalue weighted by atomic mass is 10.2. The highest BCUT2D eigenvalue weighted by atomic mass is 35.5. The van der Waals surface area contributed by atoms with E-state index in [0.29, 0.717) is 27.6 Å². The van der Waals surface area contributed by atoms with Gasteiger partial charge < -0.3 is 10.6 Å². The molecule has 3 rings (SSSR count). The summed E-state index contributed by atoms with van der Waals surface area (Å²) >= 11 is 12.0. The smallest absolute Gasteiger partial charge is 0.257 e. The largest absolute Gasteiger partial charge is 0.354 e. The van der Waals surface area contributed by atoms with E-state index in [-0.39, 0.29) is 16.7 Å². The Labute approximate surface area is 153 Å². The van der Waals surface area contributed by atoms with E-state index in [4.69, 9.17) is 23.2 Å². The van der Waals surface area contributed by atoms with E-state index in [1.54, 1.807) is 42.6 Å². The van der Waals surface area contributed by atoms with E-state index in [1.165, 1.54) is 18.3 Å². The molecule has 1 aromatic heterocycles. The molecule has 25 heavy (non-hydrogen) atoms. The third-order valence-electron chi connectivity index (χ3n) is 3.33. The Hall–Kier alpha value is -2.63. The minimum atomic E-state index is -0.376. The van der Waals surface area contributed by atoms with Crippen molar-refractivity contribution in [3.05, 3.63) is 82.4 Å². The molecule has 0 radical (unpaired) electrons. The molecule has 0 aliphatic carbocycles. The Bertz CT molecular complexity index is 916. The summed E-state index contributed by atoms with van der Waals surface area (Å²) in [4.78, 5) is 16.4. The second kappa shape index (κ2) is 7.51. The summed E-state index contributed by atoms with van der Waals surface area (Å²) in [6.07, 6.45) is 3.00. The van der Waals surface area contributed by atoms with Crippen LogP contribution in [0.4, 0.5) is 21.5 Å². The van der Waals surface area contributed by atoms with Gasteiger partial charge in [-0.15, -0.1) is 0 Å². The number of carbonyl (C=O) groups is 1. The molecular weight excluding hydrogens is 364 g/mol. The molecule has 7 heteroatoms. The fourth-order valence-electron chi connectivity index (χ4n) is 2.13. The van der Waals surface area contributed by atoms with Gasteiger partial charge in [-0.25, -0.2) is 4.39 Å². The molecule has 0 aliphatic rings. The Morgan fingerprint density at radius 2 is 1.76 bits per heavy atom. The summed E-state index contributed by atoms with van der Waals surface area (Å²) in [5.74, 6) is -0.699. The molecular formula is C18H12Cl2FN3O. The van der Waals surface area contributed by atoms with Crippen LogP contribution in [0.25, 0.3) is 0 Å². The van der Waals surface area contributed by atoms with Gasteiger partial charge in [0.1, 0.15) is 5.82 Å². The molecule has 0 saturated carbocycles. The Kier molecular flexibility index (Phi) is 5.16. The maximum atomic E-state index is 13.0. The van der Waals surface area contributed by atoms with Crippen LogP contribution < -0.4 is 10.6 Å². The van der Waals surface area contributed by atoms with Crippen LogP contribution in [0.3, 0.4) is 0 Å². The maximum absolute atomic E-state index is 13.0. The average molecular weight is 376 g/mol. The van der Waals surface area contributed by atoms with Crippen LogP contribution in [0.1, 0.15) is 10.4 Å². The van der Waals surface area contributed by atoms with Crippen molar-refractivity contribution >= 4 is 46.2 Å². The second-order valence-electron chi connectivity index (χ2n) is 5.15. The topological polar surface area (TPSA) is 54.0 Å². The quantitative estimate of drug-likeness (QED) is 0.630. The molecule has 3 aromatic rings. The van der Waals surface area contributed by atoms with Crippen molar-refractivity contribution < 1.29 is 9.18 Å². The van der Waals surface area contributed by atoms with Gasteiger partial charge in [-0.1, -0.05) is 29.3 Å². The number of hydrogen-bond donors (Lipinski definition) is 2. The molecule has 0 saturated heterocycles. The summed E-state index contributed by atoms with van der Waals surface area (Å²) in [6, 6.07) is 12.5. The predicted octanol–water partition coefficient (Wildman–Crippen LogP) is 5.52. The molecule has 0 unspecified atom stereocenters. The summed E-state index contributed by atoms with van der Waals surface area (Å²) in [5, 5.41) is 6.37. The molecule has 1 amide bonds. The number of rotatable bonds is 4. The number of benzene rings is 2. The van der Waals surface area contributed by atoms with E-state index in [0.717, 1.165) is 0 Å². The minimum Gasteiger partial charge on any atom is -0.354 e. The number of carbonyl (C=O) groups excluding carboxylic acids is 1. The first-order valence-electron chi connectivity index (χ1n) is 7.26. The molecule has 4 nitrogen and oxygen atoms in total. The number of anilines is 3. The van der Waals surface area contributed by atoms with Gasteiger partial charge in [0.05, 0.1) is 33.2 Å². The molecule has 0 atom stereocenters. The van der Waals surface area contributed by atoms with Crippen LogP contribution in [-0.2, 0) is 0 Å². The molecule has 0 bridgehead atoms. The van der Waals surface area contributed by atoms with Crippen LogP contribution >= 0.6 is 23.2 Å². The van der Waals surface area contributed by atoms with Crippen LogP contribution in [0.2, 0.25) is 10.0 Å². The number of nitrogens with zero attached hydrogens (tertiary/aromatic N) is 1. The SMILES string of the molecule is O=C(Nc1cccc(Cl)c1Cl)c1cncc(Nc2ccc(F)cc2)c1. The van der Waals surface area contributed by atoms with Crippen molar-refractivity contribution in [2.45, 2.75) is 0 Å². The zero-order valence-corrected chi connectivity index (χ0v) is 14.3. The van der Waals surface area contributed by atoms with Crippen molar-refractivity contribution in [1.29, 1.82) is 0 Å². The van der Waals surface area contributed by atoms with Gasteiger partial charge in [-0.2, -0.15) is 0 Å². The number of aromatic nitrogens is 1. The van der Waals surface area contributed by atoms with Crippen LogP contribution in [0.15, 0.2) is 60.9 Å². The van der Waals surface area contributed by atoms with Gasteiger partial charge >= 0.3 is 0 Å². The molecule has 126 valence electrons. The second-order valence-corrected chi connectivity index (χ2v) is 5.93. The van der Waals surface area contributed by atoms with E-state index in [9.17, 15) is 9.18 Å². The zero-order chi connectivity index (χ0) is 17.8. The van der Waals surface area contributed by atoms with E-state index < -0.39 is 0 Å². The van der Waals surface area contributed by atoms with Gasteiger partial charge in [0, 0.05) is 11.9 Å². The molecule has 2 aromatic carbocycles. The van der Waals surface area contributed by atoms with Crippen molar-refractivity contribution in [1.82, 2.24) is 4.98 Å². The minimum absolute atomic E-state index is 0.270. The van der Waals surface area contributed by atoms with Crippen LogP contribution in [0.5, 0.6) is 0 Å². The number of pyridine rings is 1. The van der Waals surface area contributed by atoms with E-state index >= 15 is 0 Å². The summed E-state index contributed by atoms with van der Waals surface area (Å²) in [7, 11) is 0.